The quantitative estimate of drug-likeness (QED) is 0.842. The van der Waals surface area contributed by atoms with Gasteiger partial charge in [-0.3, -0.25) is 0 Å². The fourth-order valence-corrected chi connectivity index (χ4v) is 5.12. The molecule has 0 N–H and O–H groups in total. The summed E-state index contributed by atoms with van der Waals surface area (Å²) in [6, 6.07) is 13.1. The summed E-state index contributed by atoms with van der Waals surface area (Å²) in [5, 5.41) is 0. The Morgan fingerprint density at radius 2 is 1.96 bits per heavy atom. The van der Waals surface area contributed by atoms with E-state index in [9.17, 15) is 8.42 Å². The van der Waals surface area contributed by atoms with Crippen LogP contribution in [0, 0.1) is 0 Å². The number of ether oxygens (including phenoxy) is 2. The standard InChI is InChI=1S/C19H21NO4S/c1-23-17-4-2-14(3-5-17)16-8-10-20(13-16)25(21,22)18-6-7-19-15(12-18)9-11-24-19/h2-7,12,16H,8-11,13H2,1H3. The molecule has 0 amide bonds. The first-order valence-electron chi connectivity index (χ1n) is 8.48. The molecule has 2 aromatic carbocycles. The van der Waals surface area contributed by atoms with Gasteiger partial charge in [0, 0.05) is 19.5 Å². The first-order chi connectivity index (χ1) is 12.1. The van der Waals surface area contributed by atoms with Crippen LogP contribution in [0.3, 0.4) is 0 Å². The summed E-state index contributed by atoms with van der Waals surface area (Å²) in [6.45, 7) is 1.69. The van der Waals surface area contributed by atoms with E-state index in [1.165, 1.54) is 0 Å². The van der Waals surface area contributed by atoms with Crippen molar-refractivity contribution in [3.63, 3.8) is 0 Å². The third-order valence-electron chi connectivity index (χ3n) is 5.04. The Morgan fingerprint density at radius 3 is 2.72 bits per heavy atom. The third kappa shape index (κ3) is 3.00. The molecule has 2 aromatic rings. The van der Waals surface area contributed by atoms with Gasteiger partial charge in [0.25, 0.3) is 0 Å². The number of methoxy groups -OCH3 is 1. The van der Waals surface area contributed by atoms with Crippen LogP contribution >= 0.6 is 0 Å². The summed E-state index contributed by atoms with van der Waals surface area (Å²) >= 11 is 0. The van der Waals surface area contributed by atoms with Crippen LogP contribution in [0.15, 0.2) is 47.4 Å². The predicted molar refractivity (Wildman–Crippen MR) is 94.8 cm³/mol. The Bertz CT molecular complexity index is 877. The third-order valence-corrected chi connectivity index (χ3v) is 6.90. The highest BCUT2D eigenvalue weighted by molar-refractivity contribution is 7.89. The van der Waals surface area contributed by atoms with Gasteiger partial charge in [-0.15, -0.1) is 0 Å². The van der Waals surface area contributed by atoms with Gasteiger partial charge >= 0.3 is 0 Å². The van der Waals surface area contributed by atoms with Gasteiger partial charge in [-0.25, -0.2) is 8.42 Å². The molecule has 132 valence electrons. The lowest BCUT2D eigenvalue weighted by molar-refractivity contribution is 0.356. The normalized spacial score (nSPS) is 20.3. The molecule has 0 radical (unpaired) electrons. The van der Waals surface area contributed by atoms with Gasteiger partial charge in [-0.05, 0) is 53.8 Å². The minimum Gasteiger partial charge on any atom is -0.497 e. The average Bonchev–Trinajstić information content (AvgIpc) is 3.30. The second-order valence-electron chi connectivity index (χ2n) is 6.49. The van der Waals surface area contributed by atoms with Crippen molar-refractivity contribution in [3.8, 4) is 11.5 Å². The Morgan fingerprint density at radius 1 is 1.16 bits per heavy atom. The van der Waals surface area contributed by atoms with Crippen molar-refractivity contribution in [2.45, 2.75) is 23.7 Å². The molecule has 4 rings (SSSR count). The highest BCUT2D eigenvalue weighted by atomic mass is 32.2. The number of hydrogen-bond acceptors (Lipinski definition) is 4. The van der Waals surface area contributed by atoms with E-state index >= 15 is 0 Å². The van der Waals surface area contributed by atoms with E-state index in [1.54, 1.807) is 29.6 Å². The van der Waals surface area contributed by atoms with Crippen molar-refractivity contribution in [1.29, 1.82) is 0 Å². The molecular formula is C19H21NO4S. The van der Waals surface area contributed by atoms with Crippen LogP contribution in [-0.2, 0) is 16.4 Å². The van der Waals surface area contributed by atoms with Gasteiger partial charge in [0.05, 0.1) is 18.6 Å². The Labute approximate surface area is 148 Å². The van der Waals surface area contributed by atoms with Crippen molar-refractivity contribution in [2.24, 2.45) is 0 Å². The molecule has 0 spiro atoms. The summed E-state index contributed by atoms with van der Waals surface area (Å²) in [5.41, 5.74) is 2.13. The zero-order valence-corrected chi connectivity index (χ0v) is 15.0. The lowest BCUT2D eigenvalue weighted by atomic mass is 9.99. The number of benzene rings is 2. The topological polar surface area (TPSA) is 55.8 Å². The zero-order valence-electron chi connectivity index (χ0n) is 14.1. The first-order valence-corrected chi connectivity index (χ1v) is 9.92. The summed E-state index contributed by atoms with van der Waals surface area (Å²) in [7, 11) is -1.82. The summed E-state index contributed by atoms with van der Waals surface area (Å²) in [6.07, 6.45) is 1.60. The highest BCUT2D eigenvalue weighted by Crippen LogP contribution is 2.34. The molecule has 25 heavy (non-hydrogen) atoms. The van der Waals surface area contributed by atoms with E-state index in [0.717, 1.165) is 35.5 Å². The lowest BCUT2D eigenvalue weighted by Gasteiger charge is -2.17. The molecule has 0 saturated carbocycles. The zero-order chi connectivity index (χ0) is 17.4. The van der Waals surface area contributed by atoms with Gasteiger partial charge < -0.3 is 9.47 Å². The molecular weight excluding hydrogens is 338 g/mol. The number of nitrogens with zero attached hydrogens (tertiary/aromatic N) is 1. The highest BCUT2D eigenvalue weighted by Gasteiger charge is 2.33. The Balaban J connectivity index is 1.53. The Hall–Kier alpha value is -2.05. The van der Waals surface area contributed by atoms with Gasteiger partial charge in [0.2, 0.25) is 10.0 Å². The van der Waals surface area contributed by atoms with Crippen LogP contribution < -0.4 is 9.47 Å². The largest absolute Gasteiger partial charge is 0.497 e. The summed E-state index contributed by atoms with van der Waals surface area (Å²) in [5.74, 6) is 1.83. The number of sulfonamides is 1. The fraction of sp³-hybridized carbons (Fsp3) is 0.368. The van der Waals surface area contributed by atoms with Gasteiger partial charge in [0.15, 0.2) is 0 Å². The molecule has 0 bridgehead atoms. The number of hydrogen-bond donors (Lipinski definition) is 0. The van der Waals surface area contributed by atoms with Crippen LogP contribution in [0.2, 0.25) is 0 Å². The van der Waals surface area contributed by atoms with Crippen LogP contribution in [-0.4, -0.2) is 39.5 Å². The molecule has 2 heterocycles. The van der Waals surface area contributed by atoms with Crippen LogP contribution in [0.1, 0.15) is 23.5 Å². The van der Waals surface area contributed by atoms with Gasteiger partial charge in [-0.1, -0.05) is 12.1 Å². The second kappa shape index (κ2) is 6.35. The molecule has 1 unspecified atom stereocenters. The molecule has 6 heteroatoms. The van der Waals surface area contributed by atoms with Crippen LogP contribution in [0.4, 0.5) is 0 Å². The maximum Gasteiger partial charge on any atom is 0.243 e. The maximum atomic E-state index is 13.0. The van der Waals surface area contributed by atoms with Crippen molar-refractivity contribution in [1.82, 2.24) is 4.31 Å². The Kier molecular flexibility index (Phi) is 4.17. The molecule has 1 saturated heterocycles. The van der Waals surface area contributed by atoms with Gasteiger partial charge in [-0.2, -0.15) is 4.31 Å². The van der Waals surface area contributed by atoms with Crippen molar-refractivity contribution in [2.75, 3.05) is 26.8 Å². The lowest BCUT2D eigenvalue weighted by Crippen LogP contribution is -2.28. The van der Waals surface area contributed by atoms with Crippen molar-refractivity contribution in [3.05, 3.63) is 53.6 Å². The summed E-state index contributed by atoms with van der Waals surface area (Å²) in [4.78, 5) is 0.368. The van der Waals surface area contributed by atoms with Crippen LogP contribution in [0.25, 0.3) is 0 Å². The molecule has 0 aromatic heterocycles. The minimum absolute atomic E-state index is 0.221. The molecule has 1 fully saturated rings. The van der Waals surface area contributed by atoms with Crippen molar-refractivity contribution < 1.29 is 17.9 Å². The molecule has 2 aliphatic rings. The van der Waals surface area contributed by atoms with E-state index < -0.39 is 10.0 Å². The SMILES string of the molecule is COc1ccc(C2CCN(S(=O)(=O)c3ccc4c(c3)CCO4)C2)cc1. The predicted octanol–water partition coefficient (Wildman–Crippen LogP) is 2.81. The van der Waals surface area contributed by atoms with E-state index in [1.807, 2.05) is 24.3 Å². The van der Waals surface area contributed by atoms with E-state index in [2.05, 4.69) is 0 Å². The maximum absolute atomic E-state index is 13.0. The fourth-order valence-electron chi connectivity index (χ4n) is 3.57. The monoisotopic (exact) mass is 359 g/mol. The van der Waals surface area contributed by atoms with Gasteiger partial charge in [0.1, 0.15) is 11.5 Å². The molecule has 0 aliphatic carbocycles. The first kappa shape index (κ1) is 16.4. The average molecular weight is 359 g/mol. The smallest absolute Gasteiger partial charge is 0.243 e. The second-order valence-corrected chi connectivity index (χ2v) is 8.43. The molecule has 1 atom stereocenters. The molecule has 5 nitrogen and oxygen atoms in total. The van der Waals surface area contributed by atoms with Crippen molar-refractivity contribution >= 4 is 10.0 Å². The minimum atomic E-state index is -3.46. The van der Waals surface area contributed by atoms with Crippen LogP contribution in [0.5, 0.6) is 11.5 Å². The number of fused-ring (bicyclic) bond motifs is 1. The van der Waals surface area contributed by atoms with E-state index in [4.69, 9.17) is 9.47 Å². The molecule has 2 aliphatic heterocycles. The van der Waals surface area contributed by atoms with E-state index in [-0.39, 0.29) is 5.92 Å². The number of rotatable bonds is 4. The summed E-state index contributed by atoms with van der Waals surface area (Å²) < 4.78 is 38.2. The van der Waals surface area contributed by atoms with E-state index in [0.29, 0.717) is 24.6 Å².